The SMILES string of the molecule is CC(C)C[C@H](NC(=O)Cn1nnc2ccccc2c1=O)c1nc2ccccc2[nH]1. The summed E-state index contributed by atoms with van der Waals surface area (Å²) < 4.78 is 1.09. The topological polar surface area (TPSA) is 106 Å². The third-order valence-electron chi connectivity index (χ3n) is 4.70. The molecule has 0 saturated heterocycles. The number of nitrogens with zero attached hydrogens (tertiary/aromatic N) is 4. The van der Waals surface area contributed by atoms with E-state index in [0.29, 0.717) is 29.1 Å². The van der Waals surface area contributed by atoms with Crippen molar-refractivity contribution in [3.63, 3.8) is 0 Å². The van der Waals surface area contributed by atoms with E-state index >= 15 is 0 Å². The molecule has 0 aliphatic carbocycles. The maximum Gasteiger partial charge on any atom is 0.278 e. The highest BCUT2D eigenvalue weighted by Gasteiger charge is 2.20. The first kappa shape index (κ1) is 18.8. The Morgan fingerprint density at radius 2 is 1.83 bits per heavy atom. The standard InChI is InChI=1S/C21H22N6O2/c1-13(2)11-18(20-23-16-9-5-6-10-17(16)24-20)22-19(28)12-27-21(29)14-7-3-4-8-15(14)25-26-27/h3-10,13,18H,11-12H2,1-2H3,(H,22,28)(H,23,24)/t18-/m0/s1. The van der Waals surface area contributed by atoms with Crippen molar-refractivity contribution in [3.05, 3.63) is 64.7 Å². The van der Waals surface area contributed by atoms with Crippen molar-refractivity contribution in [2.24, 2.45) is 5.92 Å². The van der Waals surface area contributed by atoms with Crippen LogP contribution in [0.25, 0.3) is 21.9 Å². The van der Waals surface area contributed by atoms with Crippen LogP contribution in [0.2, 0.25) is 0 Å². The molecule has 148 valence electrons. The Morgan fingerprint density at radius 3 is 2.59 bits per heavy atom. The smallest absolute Gasteiger partial charge is 0.278 e. The van der Waals surface area contributed by atoms with E-state index in [2.05, 4.69) is 39.4 Å². The zero-order valence-corrected chi connectivity index (χ0v) is 16.3. The Bertz CT molecular complexity index is 1190. The molecular weight excluding hydrogens is 368 g/mol. The number of hydrogen-bond acceptors (Lipinski definition) is 5. The Hall–Kier alpha value is -3.55. The Morgan fingerprint density at radius 1 is 1.10 bits per heavy atom. The number of aromatic amines is 1. The van der Waals surface area contributed by atoms with Crippen molar-refractivity contribution in [1.82, 2.24) is 30.3 Å². The van der Waals surface area contributed by atoms with Crippen LogP contribution in [0.1, 0.15) is 32.1 Å². The predicted molar refractivity (Wildman–Crippen MR) is 110 cm³/mol. The maximum absolute atomic E-state index is 12.7. The van der Waals surface area contributed by atoms with E-state index in [4.69, 9.17) is 0 Å². The zero-order valence-electron chi connectivity index (χ0n) is 16.3. The molecule has 2 aromatic heterocycles. The van der Waals surface area contributed by atoms with Gasteiger partial charge in [0.1, 0.15) is 17.9 Å². The number of hydrogen-bond donors (Lipinski definition) is 2. The predicted octanol–water partition coefficient (Wildman–Crippen LogP) is 2.57. The van der Waals surface area contributed by atoms with E-state index in [0.717, 1.165) is 15.7 Å². The highest BCUT2D eigenvalue weighted by atomic mass is 16.2. The normalized spacial score (nSPS) is 12.5. The molecular formula is C21H22N6O2. The summed E-state index contributed by atoms with van der Waals surface area (Å²) in [6.07, 6.45) is 0.712. The molecule has 0 saturated carbocycles. The second kappa shape index (κ2) is 7.83. The van der Waals surface area contributed by atoms with Crippen LogP contribution in [-0.2, 0) is 11.3 Å². The molecule has 0 radical (unpaired) electrons. The van der Waals surface area contributed by atoms with Crippen LogP contribution in [-0.4, -0.2) is 30.9 Å². The van der Waals surface area contributed by atoms with E-state index in [1.807, 2.05) is 24.3 Å². The molecule has 0 unspecified atom stereocenters. The Balaban J connectivity index is 1.57. The summed E-state index contributed by atoms with van der Waals surface area (Å²) in [5.74, 6) is 0.727. The van der Waals surface area contributed by atoms with Crippen LogP contribution in [0.5, 0.6) is 0 Å². The summed E-state index contributed by atoms with van der Waals surface area (Å²) >= 11 is 0. The number of aromatic nitrogens is 5. The molecule has 0 aliphatic rings. The third kappa shape index (κ3) is 4.01. The summed E-state index contributed by atoms with van der Waals surface area (Å²) in [6.45, 7) is 3.97. The van der Waals surface area contributed by atoms with Crippen LogP contribution < -0.4 is 10.9 Å². The molecule has 2 heterocycles. The fourth-order valence-corrected chi connectivity index (χ4v) is 3.35. The minimum atomic E-state index is -0.338. The third-order valence-corrected chi connectivity index (χ3v) is 4.70. The van der Waals surface area contributed by atoms with E-state index in [-0.39, 0.29) is 24.1 Å². The average molecular weight is 390 g/mol. The van der Waals surface area contributed by atoms with Gasteiger partial charge in [0.25, 0.3) is 5.56 Å². The van der Waals surface area contributed by atoms with Crippen LogP contribution in [0.4, 0.5) is 0 Å². The lowest BCUT2D eigenvalue weighted by Gasteiger charge is -2.18. The molecule has 2 aromatic carbocycles. The molecule has 29 heavy (non-hydrogen) atoms. The average Bonchev–Trinajstić information content (AvgIpc) is 3.14. The summed E-state index contributed by atoms with van der Waals surface area (Å²) in [5.41, 5.74) is 1.94. The van der Waals surface area contributed by atoms with Crippen molar-refractivity contribution >= 4 is 27.8 Å². The van der Waals surface area contributed by atoms with Gasteiger partial charge in [0.2, 0.25) is 5.91 Å². The first-order chi connectivity index (χ1) is 14.0. The van der Waals surface area contributed by atoms with Crippen LogP contribution in [0.3, 0.4) is 0 Å². The lowest BCUT2D eigenvalue weighted by Crippen LogP contribution is -2.37. The van der Waals surface area contributed by atoms with Gasteiger partial charge in [-0.3, -0.25) is 9.59 Å². The minimum Gasteiger partial charge on any atom is -0.345 e. The number of amides is 1. The number of nitrogens with one attached hydrogen (secondary N) is 2. The van der Waals surface area contributed by atoms with Crippen LogP contribution in [0, 0.1) is 5.92 Å². The van der Waals surface area contributed by atoms with Crippen LogP contribution in [0.15, 0.2) is 53.3 Å². The van der Waals surface area contributed by atoms with Crippen molar-refractivity contribution in [2.75, 3.05) is 0 Å². The monoisotopic (exact) mass is 390 g/mol. The number of fused-ring (bicyclic) bond motifs is 2. The molecule has 8 nitrogen and oxygen atoms in total. The number of imidazole rings is 1. The molecule has 8 heteroatoms. The molecule has 4 rings (SSSR count). The fraction of sp³-hybridized carbons (Fsp3) is 0.286. The number of H-pyrrole nitrogens is 1. The second-order valence-electron chi connectivity index (χ2n) is 7.46. The zero-order chi connectivity index (χ0) is 20.4. The largest absolute Gasteiger partial charge is 0.345 e. The minimum absolute atomic E-state index is 0.203. The number of para-hydroxylation sites is 2. The number of benzene rings is 2. The molecule has 1 amide bonds. The summed E-state index contributed by atoms with van der Waals surface area (Å²) in [6, 6.07) is 14.4. The molecule has 1 atom stereocenters. The molecule has 4 aromatic rings. The number of carbonyl (C=O) groups excluding carboxylic acids is 1. The quantitative estimate of drug-likeness (QED) is 0.526. The van der Waals surface area contributed by atoms with E-state index in [9.17, 15) is 9.59 Å². The Labute approximate surface area is 167 Å². The van der Waals surface area contributed by atoms with E-state index < -0.39 is 0 Å². The number of carbonyl (C=O) groups is 1. The van der Waals surface area contributed by atoms with Gasteiger partial charge in [0.05, 0.1) is 22.5 Å². The van der Waals surface area contributed by atoms with Crippen molar-refractivity contribution < 1.29 is 4.79 Å². The molecule has 0 spiro atoms. The highest BCUT2D eigenvalue weighted by molar-refractivity contribution is 5.79. The molecule has 0 aliphatic heterocycles. The van der Waals surface area contributed by atoms with Gasteiger partial charge < -0.3 is 10.3 Å². The first-order valence-electron chi connectivity index (χ1n) is 9.58. The van der Waals surface area contributed by atoms with Gasteiger partial charge in [-0.25, -0.2) is 9.67 Å². The van der Waals surface area contributed by atoms with Crippen LogP contribution >= 0.6 is 0 Å². The lowest BCUT2D eigenvalue weighted by atomic mass is 10.0. The fourth-order valence-electron chi connectivity index (χ4n) is 3.35. The lowest BCUT2D eigenvalue weighted by molar-refractivity contribution is -0.122. The van der Waals surface area contributed by atoms with Gasteiger partial charge in [-0.1, -0.05) is 43.3 Å². The highest BCUT2D eigenvalue weighted by Crippen LogP contribution is 2.22. The number of rotatable bonds is 6. The van der Waals surface area contributed by atoms with Gasteiger partial charge in [-0.15, -0.1) is 5.10 Å². The van der Waals surface area contributed by atoms with Gasteiger partial charge in [0.15, 0.2) is 0 Å². The molecule has 2 N–H and O–H groups in total. The summed E-state index contributed by atoms with van der Waals surface area (Å²) in [5, 5.41) is 11.3. The van der Waals surface area contributed by atoms with Gasteiger partial charge in [-0.05, 0) is 36.6 Å². The summed E-state index contributed by atoms with van der Waals surface area (Å²) in [7, 11) is 0. The van der Waals surface area contributed by atoms with Crippen molar-refractivity contribution in [2.45, 2.75) is 32.9 Å². The van der Waals surface area contributed by atoms with Crippen molar-refractivity contribution in [1.29, 1.82) is 0 Å². The van der Waals surface area contributed by atoms with Gasteiger partial charge >= 0.3 is 0 Å². The van der Waals surface area contributed by atoms with Gasteiger partial charge in [-0.2, -0.15) is 0 Å². The van der Waals surface area contributed by atoms with E-state index in [1.54, 1.807) is 24.3 Å². The Kier molecular flexibility index (Phi) is 5.07. The second-order valence-corrected chi connectivity index (χ2v) is 7.46. The first-order valence-corrected chi connectivity index (χ1v) is 9.58. The van der Waals surface area contributed by atoms with E-state index in [1.165, 1.54) is 0 Å². The van der Waals surface area contributed by atoms with Gasteiger partial charge in [0, 0.05) is 0 Å². The molecule has 0 fully saturated rings. The summed E-state index contributed by atoms with van der Waals surface area (Å²) in [4.78, 5) is 33.2. The maximum atomic E-state index is 12.7. The van der Waals surface area contributed by atoms with Crippen molar-refractivity contribution in [3.8, 4) is 0 Å². The molecule has 0 bridgehead atoms.